The van der Waals surface area contributed by atoms with Gasteiger partial charge in [0.25, 0.3) is 0 Å². The largest absolute Gasteiger partial charge is 0.493 e. The molecule has 1 aliphatic carbocycles. The topological polar surface area (TPSA) is 58.7 Å². The van der Waals surface area contributed by atoms with Gasteiger partial charge < -0.3 is 25.0 Å². The van der Waals surface area contributed by atoms with Crippen molar-refractivity contribution in [1.82, 2.24) is 15.2 Å². The van der Waals surface area contributed by atoms with Gasteiger partial charge in [-0.2, -0.15) is 0 Å². The molecular formula is C20H26N4O2. The minimum atomic E-state index is 0.330. The number of nitrogens with zero attached hydrogens (tertiary/aromatic N) is 2. The number of nitrogens with one attached hydrogen (secondary N) is 2. The van der Waals surface area contributed by atoms with Crippen molar-refractivity contribution in [3.8, 4) is 11.5 Å². The number of anilines is 1. The molecule has 6 nitrogen and oxygen atoms in total. The summed E-state index contributed by atoms with van der Waals surface area (Å²) in [5, 5.41) is 8.25. The molecule has 1 aliphatic heterocycles. The molecule has 2 aromatic rings. The van der Waals surface area contributed by atoms with Crippen molar-refractivity contribution in [1.29, 1.82) is 0 Å². The van der Waals surface area contributed by atoms with Gasteiger partial charge in [0, 0.05) is 41.8 Å². The van der Waals surface area contributed by atoms with Gasteiger partial charge in [-0.3, -0.25) is 4.98 Å². The number of methoxy groups -OCH3 is 2. The zero-order valence-corrected chi connectivity index (χ0v) is 15.8. The predicted molar refractivity (Wildman–Crippen MR) is 104 cm³/mol. The molecule has 1 aromatic carbocycles. The molecule has 2 N–H and O–H groups in total. The molecule has 138 valence electrons. The summed E-state index contributed by atoms with van der Waals surface area (Å²) < 4.78 is 11.0. The van der Waals surface area contributed by atoms with Crippen molar-refractivity contribution in [3.63, 3.8) is 0 Å². The smallest absolute Gasteiger partial charge is 0.162 e. The third-order valence-electron chi connectivity index (χ3n) is 5.34. The van der Waals surface area contributed by atoms with Crippen LogP contribution >= 0.6 is 0 Å². The molecule has 2 heterocycles. The fourth-order valence-electron chi connectivity index (χ4n) is 3.84. The minimum absolute atomic E-state index is 0.330. The van der Waals surface area contributed by atoms with Crippen LogP contribution in [-0.4, -0.2) is 43.9 Å². The van der Waals surface area contributed by atoms with Crippen molar-refractivity contribution in [3.05, 3.63) is 35.3 Å². The summed E-state index contributed by atoms with van der Waals surface area (Å²) in [6, 6.07) is 4.01. The molecule has 2 aliphatic rings. The van der Waals surface area contributed by atoms with E-state index in [4.69, 9.17) is 14.5 Å². The Kier molecular flexibility index (Phi) is 4.26. The molecular weight excluding hydrogens is 328 g/mol. The number of pyridine rings is 1. The SMILES string of the molecule is COc1cc2nc3c(c(NCC4=CN(C)[C@H](C)N4)c2cc1OC)CCC3. The highest BCUT2D eigenvalue weighted by molar-refractivity contribution is 5.96. The van der Waals surface area contributed by atoms with Crippen molar-refractivity contribution in [2.75, 3.05) is 33.1 Å². The maximum atomic E-state index is 5.51. The second-order valence-electron chi connectivity index (χ2n) is 6.98. The predicted octanol–water partition coefficient (Wildman–Crippen LogP) is 2.88. The third-order valence-corrected chi connectivity index (χ3v) is 5.34. The Morgan fingerprint density at radius 3 is 2.69 bits per heavy atom. The Balaban J connectivity index is 1.75. The zero-order valence-electron chi connectivity index (χ0n) is 15.8. The van der Waals surface area contributed by atoms with E-state index in [-0.39, 0.29) is 0 Å². The summed E-state index contributed by atoms with van der Waals surface area (Å²) in [6.45, 7) is 2.91. The molecule has 1 aromatic heterocycles. The van der Waals surface area contributed by atoms with Crippen LogP contribution in [0.15, 0.2) is 24.0 Å². The fourth-order valence-corrected chi connectivity index (χ4v) is 3.84. The van der Waals surface area contributed by atoms with Gasteiger partial charge in [0.05, 0.1) is 32.4 Å². The molecule has 1 atom stereocenters. The number of hydrogen-bond donors (Lipinski definition) is 2. The van der Waals surface area contributed by atoms with Gasteiger partial charge in [-0.1, -0.05) is 0 Å². The van der Waals surface area contributed by atoms with Crippen LogP contribution < -0.4 is 20.1 Å². The summed E-state index contributed by atoms with van der Waals surface area (Å²) in [7, 11) is 5.41. The van der Waals surface area contributed by atoms with E-state index >= 15 is 0 Å². The van der Waals surface area contributed by atoms with E-state index in [1.54, 1.807) is 14.2 Å². The lowest BCUT2D eigenvalue weighted by Gasteiger charge is -2.18. The highest BCUT2D eigenvalue weighted by atomic mass is 16.5. The zero-order chi connectivity index (χ0) is 18.3. The van der Waals surface area contributed by atoms with Crippen LogP contribution in [0.2, 0.25) is 0 Å². The maximum Gasteiger partial charge on any atom is 0.162 e. The van der Waals surface area contributed by atoms with Gasteiger partial charge in [-0.15, -0.1) is 0 Å². The third kappa shape index (κ3) is 2.79. The number of aromatic nitrogens is 1. The first kappa shape index (κ1) is 16.8. The van der Waals surface area contributed by atoms with Crippen LogP contribution in [-0.2, 0) is 12.8 Å². The Bertz CT molecular complexity index is 878. The summed E-state index contributed by atoms with van der Waals surface area (Å²) in [5.74, 6) is 1.45. The van der Waals surface area contributed by atoms with Crippen molar-refractivity contribution in [2.45, 2.75) is 32.4 Å². The van der Waals surface area contributed by atoms with Crippen molar-refractivity contribution >= 4 is 16.6 Å². The van der Waals surface area contributed by atoms with E-state index in [0.29, 0.717) is 11.9 Å². The summed E-state index contributed by atoms with van der Waals surface area (Å²) in [5.41, 5.74) is 5.85. The van der Waals surface area contributed by atoms with Crippen molar-refractivity contribution < 1.29 is 9.47 Å². The van der Waals surface area contributed by atoms with Gasteiger partial charge in [-0.25, -0.2) is 0 Å². The van der Waals surface area contributed by atoms with Gasteiger partial charge in [0.2, 0.25) is 0 Å². The highest BCUT2D eigenvalue weighted by Gasteiger charge is 2.22. The van der Waals surface area contributed by atoms with Gasteiger partial charge in [0.1, 0.15) is 0 Å². The van der Waals surface area contributed by atoms with E-state index in [0.717, 1.165) is 42.5 Å². The lowest BCUT2D eigenvalue weighted by molar-refractivity contribution is 0.354. The standard InChI is InChI=1S/C20H26N4O2/c1-12-22-13(11-24(12)2)10-21-20-14-6-5-7-16(14)23-17-9-19(26-4)18(25-3)8-15(17)20/h8-9,11-12,22H,5-7,10H2,1-4H3,(H,21,23)/t12-/m1/s1. The lowest BCUT2D eigenvalue weighted by Crippen LogP contribution is -2.31. The highest BCUT2D eigenvalue weighted by Crippen LogP contribution is 2.39. The quantitative estimate of drug-likeness (QED) is 0.861. The molecule has 0 bridgehead atoms. The number of ether oxygens (including phenoxy) is 2. The van der Waals surface area contributed by atoms with Gasteiger partial charge in [-0.05, 0) is 37.8 Å². The monoisotopic (exact) mass is 354 g/mol. The summed E-state index contributed by atoms with van der Waals surface area (Å²) >= 11 is 0. The Morgan fingerprint density at radius 2 is 2.00 bits per heavy atom. The molecule has 4 rings (SSSR count). The number of benzene rings is 1. The Labute approximate surface area is 154 Å². The van der Waals surface area contributed by atoms with Gasteiger partial charge >= 0.3 is 0 Å². The van der Waals surface area contributed by atoms with Crippen LogP contribution in [0.4, 0.5) is 5.69 Å². The number of rotatable bonds is 5. The summed E-state index contributed by atoms with van der Waals surface area (Å²) in [6.07, 6.45) is 5.75. The Hall–Kier alpha value is -2.63. The molecule has 0 unspecified atom stereocenters. The minimum Gasteiger partial charge on any atom is -0.493 e. The lowest BCUT2D eigenvalue weighted by atomic mass is 10.1. The fraction of sp³-hybridized carbons (Fsp3) is 0.450. The number of aryl methyl sites for hydroxylation is 1. The Morgan fingerprint density at radius 1 is 1.23 bits per heavy atom. The molecule has 0 spiro atoms. The molecule has 0 fully saturated rings. The average molecular weight is 354 g/mol. The van der Waals surface area contributed by atoms with E-state index in [1.165, 1.54) is 22.6 Å². The van der Waals surface area contributed by atoms with Crippen LogP contribution in [0.3, 0.4) is 0 Å². The maximum absolute atomic E-state index is 5.51. The number of hydrogen-bond acceptors (Lipinski definition) is 6. The second-order valence-corrected chi connectivity index (χ2v) is 6.98. The first-order valence-corrected chi connectivity index (χ1v) is 9.11. The molecule has 6 heteroatoms. The van der Waals surface area contributed by atoms with E-state index < -0.39 is 0 Å². The van der Waals surface area contributed by atoms with E-state index in [1.807, 2.05) is 12.1 Å². The first-order valence-electron chi connectivity index (χ1n) is 9.11. The molecule has 0 amide bonds. The molecule has 0 radical (unpaired) electrons. The van der Waals surface area contributed by atoms with Crippen LogP contribution in [0.25, 0.3) is 10.9 Å². The van der Waals surface area contributed by atoms with Crippen LogP contribution in [0.5, 0.6) is 11.5 Å². The van der Waals surface area contributed by atoms with E-state index in [9.17, 15) is 0 Å². The number of fused-ring (bicyclic) bond motifs is 2. The normalized spacial score (nSPS) is 18.5. The van der Waals surface area contributed by atoms with E-state index in [2.05, 4.69) is 35.7 Å². The second kappa shape index (κ2) is 6.59. The average Bonchev–Trinajstić information content (AvgIpc) is 3.23. The first-order chi connectivity index (χ1) is 12.6. The van der Waals surface area contributed by atoms with Crippen LogP contribution in [0.1, 0.15) is 24.6 Å². The van der Waals surface area contributed by atoms with Gasteiger partial charge in [0.15, 0.2) is 11.5 Å². The van der Waals surface area contributed by atoms with Crippen LogP contribution in [0, 0.1) is 0 Å². The molecule has 26 heavy (non-hydrogen) atoms. The molecule has 0 saturated carbocycles. The molecule has 0 saturated heterocycles. The summed E-state index contributed by atoms with van der Waals surface area (Å²) in [4.78, 5) is 7.07. The van der Waals surface area contributed by atoms with Crippen molar-refractivity contribution in [2.24, 2.45) is 0 Å².